The van der Waals surface area contributed by atoms with E-state index in [0.29, 0.717) is 5.56 Å². The molecule has 2 aromatic rings. The molecule has 2 rings (SSSR count). The Morgan fingerprint density at radius 2 is 1.85 bits per heavy atom. The van der Waals surface area contributed by atoms with Crippen molar-refractivity contribution in [2.45, 2.75) is 11.8 Å². The zero-order chi connectivity index (χ0) is 19.3. The number of esters is 1. The normalized spacial score (nSPS) is 11.8. The Balaban J connectivity index is 2.42. The number of hydrogen-bond acceptors (Lipinski definition) is 6. The summed E-state index contributed by atoms with van der Waals surface area (Å²) >= 11 is 0. The van der Waals surface area contributed by atoms with E-state index in [1.165, 1.54) is 42.5 Å². The molecular weight excluding hydrogens is 358 g/mol. The number of nitro benzene ring substituents is 1. The van der Waals surface area contributed by atoms with Crippen LogP contribution in [0.3, 0.4) is 0 Å². The molecule has 2 aromatic carbocycles. The smallest absolute Gasteiger partial charge is 0.334 e. The molecule has 7 nitrogen and oxygen atoms in total. The molecule has 26 heavy (non-hydrogen) atoms. The quantitative estimate of drug-likeness (QED) is 0.333. The Morgan fingerprint density at radius 3 is 2.42 bits per heavy atom. The van der Waals surface area contributed by atoms with E-state index in [1.54, 1.807) is 12.1 Å². The summed E-state index contributed by atoms with van der Waals surface area (Å²) < 4.78 is 29.8. The van der Waals surface area contributed by atoms with Gasteiger partial charge in [0.25, 0.3) is 5.69 Å². The van der Waals surface area contributed by atoms with Gasteiger partial charge < -0.3 is 4.74 Å². The maximum atomic E-state index is 12.6. The molecular formula is C18H17NO6S. The summed E-state index contributed by atoms with van der Waals surface area (Å²) in [7, 11) is -2.64. The predicted molar refractivity (Wildman–Crippen MR) is 96.3 cm³/mol. The third kappa shape index (κ3) is 4.76. The SMILES string of the molecule is COC(=O)/C(=C/c1cccc([N+](=O)[O-])c1)CS(=O)(=O)c1ccc(C)cc1. The summed E-state index contributed by atoms with van der Waals surface area (Å²) in [5.74, 6) is -1.39. The fraction of sp³-hybridized carbons (Fsp3) is 0.167. The van der Waals surface area contributed by atoms with Gasteiger partial charge in [-0.05, 0) is 30.7 Å². The summed E-state index contributed by atoms with van der Waals surface area (Å²) in [4.78, 5) is 22.4. The molecule has 0 bridgehead atoms. The molecule has 0 saturated heterocycles. The van der Waals surface area contributed by atoms with Gasteiger partial charge in [0.1, 0.15) is 0 Å². The van der Waals surface area contributed by atoms with Crippen LogP contribution in [0.2, 0.25) is 0 Å². The van der Waals surface area contributed by atoms with Crippen LogP contribution in [0.5, 0.6) is 0 Å². The molecule has 136 valence electrons. The topological polar surface area (TPSA) is 104 Å². The average molecular weight is 375 g/mol. The van der Waals surface area contributed by atoms with Crippen LogP contribution in [0, 0.1) is 17.0 Å². The molecule has 0 unspecified atom stereocenters. The number of nitro groups is 1. The minimum Gasteiger partial charge on any atom is -0.466 e. The number of non-ortho nitro benzene ring substituents is 1. The fourth-order valence-corrected chi connectivity index (χ4v) is 3.58. The summed E-state index contributed by atoms with van der Waals surface area (Å²) in [5, 5.41) is 10.9. The summed E-state index contributed by atoms with van der Waals surface area (Å²) in [6.07, 6.45) is 1.28. The van der Waals surface area contributed by atoms with Gasteiger partial charge >= 0.3 is 5.97 Å². The number of carbonyl (C=O) groups is 1. The van der Waals surface area contributed by atoms with Crippen LogP contribution in [0.25, 0.3) is 6.08 Å². The molecule has 0 radical (unpaired) electrons. The first-order chi connectivity index (χ1) is 12.2. The lowest BCUT2D eigenvalue weighted by Crippen LogP contribution is -2.16. The third-order valence-corrected chi connectivity index (χ3v) is 5.28. The zero-order valence-corrected chi connectivity index (χ0v) is 15.0. The van der Waals surface area contributed by atoms with E-state index >= 15 is 0 Å². The van der Waals surface area contributed by atoms with Gasteiger partial charge in [-0.25, -0.2) is 13.2 Å². The van der Waals surface area contributed by atoms with E-state index in [2.05, 4.69) is 4.74 Å². The molecule has 0 aromatic heterocycles. The van der Waals surface area contributed by atoms with Crippen LogP contribution in [-0.4, -0.2) is 32.2 Å². The average Bonchev–Trinajstić information content (AvgIpc) is 2.61. The molecule has 0 aliphatic carbocycles. The number of sulfone groups is 1. The second kappa shape index (κ2) is 7.92. The fourth-order valence-electron chi connectivity index (χ4n) is 2.25. The number of aryl methyl sites for hydroxylation is 1. The maximum absolute atomic E-state index is 12.6. The number of rotatable bonds is 6. The van der Waals surface area contributed by atoms with Gasteiger partial charge in [-0.2, -0.15) is 0 Å². The van der Waals surface area contributed by atoms with Gasteiger partial charge in [-0.3, -0.25) is 10.1 Å². The van der Waals surface area contributed by atoms with Crippen LogP contribution in [-0.2, 0) is 19.4 Å². The number of ether oxygens (including phenoxy) is 1. The molecule has 0 saturated carbocycles. The van der Waals surface area contributed by atoms with Crippen molar-refractivity contribution in [2.24, 2.45) is 0 Å². The van der Waals surface area contributed by atoms with E-state index in [-0.39, 0.29) is 16.2 Å². The molecule has 0 aliphatic heterocycles. The number of nitrogens with zero attached hydrogens (tertiary/aromatic N) is 1. The summed E-state index contributed by atoms with van der Waals surface area (Å²) in [6.45, 7) is 1.83. The Morgan fingerprint density at radius 1 is 1.19 bits per heavy atom. The van der Waals surface area contributed by atoms with Gasteiger partial charge in [0, 0.05) is 12.1 Å². The Kier molecular flexibility index (Phi) is 5.89. The second-order valence-electron chi connectivity index (χ2n) is 5.59. The van der Waals surface area contributed by atoms with Crippen molar-refractivity contribution in [2.75, 3.05) is 12.9 Å². The van der Waals surface area contributed by atoms with E-state index in [1.807, 2.05) is 6.92 Å². The Hall–Kier alpha value is -3.00. The highest BCUT2D eigenvalue weighted by molar-refractivity contribution is 7.91. The lowest BCUT2D eigenvalue weighted by atomic mass is 10.1. The highest BCUT2D eigenvalue weighted by atomic mass is 32.2. The van der Waals surface area contributed by atoms with Crippen LogP contribution in [0.15, 0.2) is 59.0 Å². The van der Waals surface area contributed by atoms with E-state index in [0.717, 1.165) is 12.7 Å². The first kappa shape index (κ1) is 19.3. The minimum absolute atomic E-state index is 0.0805. The predicted octanol–water partition coefficient (Wildman–Crippen LogP) is 2.93. The van der Waals surface area contributed by atoms with Crippen molar-refractivity contribution in [1.82, 2.24) is 0 Å². The Labute approximate surface area is 151 Å². The van der Waals surface area contributed by atoms with Gasteiger partial charge in [0.05, 0.1) is 28.3 Å². The summed E-state index contributed by atoms with van der Waals surface area (Å²) in [5.41, 5.74) is 0.959. The second-order valence-corrected chi connectivity index (χ2v) is 7.57. The molecule has 0 fully saturated rings. The molecule has 0 spiro atoms. The first-order valence-electron chi connectivity index (χ1n) is 7.56. The molecule has 0 amide bonds. The van der Waals surface area contributed by atoms with Crippen LogP contribution in [0.1, 0.15) is 11.1 Å². The lowest BCUT2D eigenvalue weighted by Gasteiger charge is -2.08. The molecule has 8 heteroatoms. The molecule has 0 aliphatic rings. The minimum atomic E-state index is -3.78. The van der Waals surface area contributed by atoms with Crippen LogP contribution in [0.4, 0.5) is 5.69 Å². The molecule has 0 heterocycles. The number of carbonyl (C=O) groups excluding carboxylic acids is 1. The highest BCUT2D eigenvalue weighted by Gasteiger charge is 2.22. The summed E-state index contributed by atoms with van der Waals surface area (Å²) in [6, 6.07) is 11.8. The van der Waals surface area contributed by atoms with E-state index < -0.39 is 26.5 Å². The van der Waals surface area contributed by atoms with Gasteiger partial charge in [0.15, 0.2) is 9.84 Å². The zero-order valence-electron chi connectivity index (χ0n) is 14.2. The Bertz CT molecular complexity index is 961. The van der Waals surface area contributed by atoms with Crippen molar-refractivity contribution < 1.29 is 22.9 Å². The van der Waals surface area contributed by atoms with E-state index in [4.69, 9.17) is 0 Å². The van der Waals surface area contributed by atoms with Crippen molar-refractivity contribution in [3.05, 3.63) is 75.3 Å². The van der Waals surface area contributed by atoms with Crippen LogP contribution < -0.4 is 0 Å². The van der Waals surface area contributed by atoms with Crippen molar-refractivity contribution in [1.29, 1.82) is 0 Å². The van der Waals surface area contributed by atoms with Crippen molar-refractivity contribution >= 4 is 27.6 Å². The first-order valence-corrected chi connectivity index (χ1v) is 9.21. The van der Waals surface area contributed by atoms with Crippen molar-refractivity contribution in [3.8, 4) is 0 Å². The highest BCUT2D eigenvalue weighted by Crippen LogP contribution is 2.20. The number of methoxy groups -OCH3 is 1. The maximum Gasteiger partial charge on any atom is 0.334 e. The lowest BCUT2D eigenvalue weighted by molar-refractivity contribution is -0.384. The van der Waals surface area contributed by atoms with Gasteiger partial charge in [0.2, 0.25) is 0 Å². The largest absolute Gasteiger partial charge is 0.466 e. The van der Waals surface area contributed by atoms with Gasteiger partial charge in [-0.1, -0.05) is 29.8 Å². The molecule has 0 N–H and O–H groups in total. The monoisotopic (exact) mass is 375 g/mol. The van der Waals surface area contributed by atoms with Crippen molar-refractivity contribution in [3.63, 3.8) is 0 Å². The number of benzene rings is 2. The van der Waals surface area contributed by atoms with E-state index in [9.17, 15) is 23.3 Å². The third-order valence-electron chi connectivity index (χ3n) is 3.60. The number of hydrogen-bond donors (Lipinski definition) is 0. The van der Waals surface area contributed by atoms with Crippen LogP contribution >= 0.6 is 0 Å². The standard InChI is InChI=1S/C18H17NO6S/c1-13-6-8-17(9-7-13)26(23,24)12-15(18(20)25-2)10-14-4-3-5-16(11-14)19(21)22/h3-11H,12H2,1-2H3/b15-10+. The van der Waals surface area contributed by atoms with Gasteiger partial charge in [-0.15, -0.1) is 0 Å². The molecule has 0 atom stereocenters.